The van der Waals surface area contributed by atoms with E-state index in [1.165, 1.54) is 36.9 Å². The summed E-state index contributed by atoms with van der Waals surface area (Å²) in [6.07, 6.45) is 9.34. The van der Waals surface area contributed by atoms with Crippen molar-refractivity contribution in [2.45, 2.75) is 25.8 Å². The van der Waals surface area contributed by atoms with Crippen molar-refractivity contribution in [2.24, 2.45) is 5.73 Å². The molecule has 0 saturated carbocycles. The first-order valence-corrected chi connectivity index (χ1v) is 8.70. The second kappa shape index (κ2) is 6.75. The number of nitrogens with zero attached hydrogens (tertiary/aromatic N) is 2. The molecular weight excluding hydrogens is 298 g/mol. The zero-order chi connectivity index (χ0) is 16.4. The molecule has 0 radical (unpaired) electrons. The Labute approximate surface area is 142 Å². The standard InChI is InChI=1S/C20H23N3O/c21-11-15-9-18(13-22-12-15)16-3-4-20-19(10-16)17(14-24-20)5-8-23-6-1-2-7-23/h3-4,9-10,12-14H,1-2,5-8,11,21H2. The maximum absolute atomic E-state index is 5.75. The smallest absolute Gasteiger partial charge is 0.134 e. The lowest BCUT2D eigenvalue weighted by molar-refractivity contribution is 0.343. The summed E-state index contributed by atoms with van der Waals surface area (Å²) in [5, 5.41) is 1.21. The highest BCUT2D eigenvalue weighted by atomic mass is 16.3. The second-order valence-electron chi connectivity index (χ2n) is 6.56. The molecular formula is C20H23N3O. The van der Waals surface area contributed by atoms with Crippen LogP contribution in [0, 0.1) is 0 Å². The summed E-state index contributed by atoms with van der Waals surface area (Å²) in [5.41, 5.74) is 11.3. The Morgan fingerprint density at radius 2 is 1.96 bits per heavy atom. The second-order valence-corrected chi connectivity index (χ2v) is 6.56. The third kappa shape index (κ3) is 3.07. The Morgan fingerprint density at radius 3 is 2.79 bits per heavy atom. The van der Waals surface area contributed by atoms with E-state index in [1.54, 1.807) is 0 Å². The Bertz CT molecular complexity index is 834. The fourth-order valence-corrected chi connectivity index (χ4v) is 3.50. The van der Waals surface area contributed by atoms with E-state index in [9.17, 15) is 0 Å². The molecule has 0 unspecified atom stereocenters. The van der Waals surface area contributed by atoms with Gasteiger partial charge in [-0.2, -0.15) is 0 Å². The van der Waals surface area contributed by atoms with Crippen LogP contribution in [0.4, 0.5) is 0 Å². The van der Waals surface area contributed by atoms with Crippen LogP contribution in [0.5, 0.6) is 0 Å². The lowest BCUT2D eigenvalue weighted by atomic mass is 10.0. The highest BCUT2D eigenvalue weighted by Gasteiger charge is 2.13. The lowest BCUT2D eigenvalue weighted by Crippen LogP contribution is -2.21. The van der Waals surface area contributed by atoms with Gasteiger partial charge in [-0.1, -0.05) is 6.07 Å². The summed E-state index contributed by atoms with van der Waals surface area (Å²) >= 11 is 0. The van der Waals surface area contributed by atoms with Crippen LogP contribution in [0.2, 0.25) is 0 Å². The number of hydrogen-bond donors (Lipinski definition) is 1. The van der Waals surface area contributed by atoms with Crippen LogP contribution in [0.3, 0.4) is 0 Å². The molecule has 3 heterocycles. The van der Waals surface area contributed by atoms with Crippen LogP contribution in [0.1, 0.15) is 24.0 Å². The van der Waals surface area contributed by atoms with Crippen LogP contribution >= 0.6 is 0 Å². The van der Waals surface area contributed by atoms with E-state index in [0.29, 0.717) is 6.54 Å². The third-order valence-electron chi connectivity index (χ3n) is 4.91. The van der Waals surface area contributed by atoms with Crippen LogP contribution in [-0.4, -0.2) is 29.5 Å². The minimum atomic E-state index is 0.510. The van der Waals surface area contributed by atoms with Crippen molar-refractivity contribution in [1.29, 1.82) is 0 Å². The predicted molar refractivity (Wildman–Crippen MR) is 96.7 cm³/mol. The van der Waals surface area contributed by atoms with Crippen LogP contribution < -0.4 is 5.73 Å². The molecule has 0 spiro atoms. The number of likely N-dealkylation sites (tertiary alicyclic amines) is 1. The average molecular weight is 321 g/mol. The molecule has 1 saturated heterocycles. The first kappa shape index (κ1) is 15.4. The van der Waals surface area contributed by atoms with Gasteiger partial charge in [0.15, 0.2) is 0 Å². The molecule has 2 N–H and O–H groups in total. The van der Waals surface area contributed by atoms with Gasteiger partial charge in [-0.25, -0.2) is 0 Å². The van der Waals surface area contributed by atoms with Gasteiger partial charge < -0.3 is 15.1 Å². The fraction of sp³-hybridized carbons (Fsp3) is 0.350. The number of furan rings is 1. The molecule has 4 nitrogen and oxygen atoms in total. The number of fused-ring (bicyclic) bond motifs is 1. The lowest BCUT2D eigenvalue weighted by Gasteiger charge is -2.13. The molecule has 0 aliphatic carbocycles. The zero-order valence-corrected chi connectivity index (χ0v) is 13.9. The van der Waals surface area contributed by atoms with Crippen LogP contribution in [-0.2, 0) is 13.0 Å². The molecule has 24 heavy (non-hydrogen) atoms. The number of aromatic nitrogens is 1. The minimum absolute atomic E-state index is 0.510. The molecule has 4 rings (SSSR count). The largest absolute Gasteiger partial charge is 0.464 e. The number of hydrogen-bond acceptors (Lipinski definition) is 4. The van der Waals surface area contributed by atoms with E-state index in [2.05, 4.69) is 34.1 Å². The highest BCUT2D eigenvalue weighted by Crippen LogP contribution is 2.28. The Morgan fingerprint density at radius 1 is 1.08 bits per heavy atom. The Balaban J connectivity index is 1.62. The monoisotopic (exact) mass is 321 g/mol. The molecule has 0 bridgehead atoms. The number of pyridine rings is 1. The molecule has 1 aliphatic heterocycles. The topological polar surface area (TPSA) is 55.3 Å². The predicted octanol–water partition coefficient (Wildman–Crippen LogP) is 3.59. The van der Waals surface area contributed by atoms with Gasteiger partial charge in [0, 0.05) is 36.4 Å². The summed E-state index contributed by atoms with van der Waals surface area (Å²) in [4.78, 5) is 6.84. The van der Waals surface area contributed by atoms with Crippen molar-refractivity contribution in [1.82, 2.24) is 9.88 Å². The average Bonchev–Trinajstić information content (AvgIpc) is 3.29. The number of nitrogens with two attached hydrogens (primary N) is 1. The summed E-state index contributed by atoms with van der Waals surface area (Å²) in [7, 11) is 0. The van der Waals surface area contributed by atoms with E-state index >= 15 is 0 Å². The fourth-order valence-electron chi connectivity index (χ4n) is 3.50. The van der Waals surface area contributed by atoms with Gasteiger partial charge in [-0.15, -0.1) is 0 Å². The summed E-state index contributed by atoms with van der Waals surface area (Å²) < 4.78 is 5.75. The van der Waals surface area contributed by atoms with Gasteiger partial charge in [0.25, 0.3) is 0 Å². The normalized spacial score (nSPS) is 15.4. The van der Waals surface area contributed by atoms with Crippen molar-refractivity contribution >= 4 is 11.0 Å². The van der Waals surface area contributed by atoms with Crippen molar-refractivity contribution < 1.29 is 4.42 Å². The van der Waals surface area contributed by atoms with Gasteiger partial charge in [0.1, 0.15) is 5.58 Å². The van der Waals surface area contributed by atoms with E-state index in [4.69, 9.17) is 10.2 Å². The summed E-state index contributed by atoms with van der Waals surface area (Å²) in [6.45, 7) is 4.09. The van der Waals surface area contributed by atoms with E-state index in [0.717, 1.165) is 35.2 Å². The van der Waals surface area contributed by atoms with Crippen molar-refractivity contribution in [3.8, 4) is 11.1 Å². The maximum atomic E-state index is 5.75. The molecule has 1 aliphatic rings. The Kier molecular flexibility index (Phi) is 4.32. The van der Waals surface area contributed by atoms with Gasteiger partial charge in [0.05, 0.1) is 6.26 Å². The molecule has 0 atom stereocenters. The zero-order valence-electron chi connectivity index (χ0n) is 13.9. The van der Waals surface area contributed by atoms with Crippen LogP contribution in [0.25, 0.3) is 22.1 Å². The first-order valence-electron chi connectivity index (χ1n) is 8.70. The van der Waals surface area contributed by atoms with Gasteiger partial charge in [-0.05, 0) is 67.2 Å². The summed E-state index contributed by atoms with van der Waals surface area (Å²) in [6, 6.07) is 8.47. The highest BCUT2D eigenvalue weighted by molar-refractivity contribution is 5.86. The summed E-state index contributed by atoms with van der Waals surface area (Å²) in [5.74, 6) is 0. The SMILES string of the molecule is NCc1cncc(-c2ccc3occ(CCN4CCCC4)c3c2)c1. The first-order chi connectivity index (χ1) is 11.8. The molecule has 3 aromatic rings. The van der Waals surface area contributed by atoms with Crippen molar-refractivity contribution in [3.63, 3.8) is 0 Å². The maximum Gasteiger partial charge on any atom is 0.134 e. The Hall–Kier alpha value is -2.17. The molecule has 2 aromatic heterocycles. The van der Waals surface area contributed by atoms with Crippen molar-refractivity contribution in [2.75, 3.05) is 19.6 Å². The molecule has 1 fully saturated rings. The molecule has 1 aromatic carbocycles. The number of rotatable bonds is 5. The molecule has 4 heteroatoms. The minimum Gasteiger partial charge on any atom is -0.464 e. The quantitative estimate of drug-likeness (QED) is 0.780. The van der Waals surface area contributed by atoms with E-state index in [1.807, 2.05) is 18.7 Å². The molecule has 0 amide bonds. The molecule has 124 valence electrons. The van der Waals surface area contributed by atoms with E-state index < -0.39 is 0 Å². The van der Waals surface area contributed by atoms with Gasteiger partial charge in [-0.3, -0.25) is 4.98 Å². The third-order valence-corrected chi connectivity index (χ3v) is 4.91. The van der Waals surface area contributed by atoms with Crippen LogP contribution in [0.15, 0.2) is 47.3 Å². The van der Waals surface area contributed by atoms with Gasteiger partial charge >= 0.3 is 0 Å². The van der Waals surface area contributed by atoms with Crippen molar-refractivity contribution in [3.05, 3.63) is 54.0 Å². The number of benzene rings is 1. The van der Waals surface area contributed by atoms with E-state index in [-0.39, 0.29) is 0 Å². The van der Waals surface area contributed by atoms with Gasteiger partial charge in [0.2, 0.25) is 0 Å².